The molecule has 1 aliphatic heterocycles. The molecule has 11 heavy (non-hydrogen) atoms. The first-order chi connectivity index (χ1) is 5.04. The van der Waals surface area contributed by atoms with Crippen molar-refractivity contribution in [2.24, 2.45) is 5.92 Å². The van der Waals surface area contributed by atoms with Crippen LogP contribution >= 0.6 is 0 Å². The topological polar surface area (TPSA) is 26.3 Å². The van der Waals surface area contributed by atoms with Gasteiger partial charge < -0.3 is 4.74 Å². The van der Waals surface area contributed by atoms with Crippen LogP contribution in [0.25, 0.3) is 0 Å². The van der Waals surface area contributed by atoms with Crippen LogP contribution in [-0.4, -0.2) is 11.6 Å². The minimum Gasteiger partial charge on any atom is -0.459 e. The Kier molecular flexibility index (Phi) is 2.21. The molecule has 0 aromatic rings. The minimum atomic E-state index is -0.199. The minimum absolute atomic E-state index is 0.0348. The standard InChI is InChI=1S/C9H16O2/c1-7(2)9(3)6-4-5-8(10)11-9/h7H,4-6H2,1-3H3. The van der Waals surface area contributed by atoms with Gasteiger partial charge in [0.2, 0.25) is 0 Å². The molecule has 64 valence electrons. The molecule has 0 radical (unpaired) electrons. The molecule has 0 aliphatic carbocycles. The number of carbonyl (C=O) groups is 1. The number of rotatable bonds is 1. The summed E-state index contributed by atoms with van der Waals surface area (Å²) in [4.78, 5) is 11.0. The van der Waals surface area contributed by atoms with Crippen LogP contribution in [0.15, 0.2) is 0 Å². The molecular weight excluding hydrogens is 140 g/mol. The molecular formula is C9H16O2. The van der Waals surface area contributed by atoms with E-state index in [1.165, 1.54) is 0 Å². The lowest BCUT2D eigenvalue weighted by Crippen LogP contribution is -2.40. The van der Waals surface area contributed by atoms with Crippen molar-refractivity contribution in [2.45, 2.75) is 45.6 Å². The fraction of sp³-hybridized carbons (Fsp3) is 0.889. The van der Waals surface area contributed by atoms with Crippen LogP contribution in [-0.2, 0) is 9.53 Å². The molecule has 0 N–H and O–H groups in total. The second-order valence-corrected chi connectivity index (χ2v) is 3.79. The third-order valence-corrected chi connectivity index (χ3v) is 2.62. The van der Waals surface area contributed by atoms with E-state index in [9.17, 15) is 4.79 Å². The highest BCUT2D eigenvalue weighted by atomic mass is 16.6. The second-order valence-electron chi connectivity index (χ2n) is 3.79. The van der Waals surface area contributed by atoms with Crippen molar-refractivity contribution in [1.82, 2.24) is 0 Å². The van der Waals surface area contributed by atoms with Gasteiger partial charge in [-0.05, 0) is 25.7 Å². The molecule has 0 saturated carbocycles. The zero-order valence-electron chi connectivity index (χ0n) is 7.52. The van der Waals surface area contributed by atoms with Crippen LogP contribution in [0.3, 0.4) is 0 Å². The molecule has 1 unspecified atom stereocenters. The van der Waals surface area contributed by atoms with Crippen molar-refractivity contribution in [1.29, 1.82) is 0 Å². The number of hydrogen-bond acceptors (Lipinski definition) is 2. The van der Waals surface area contributed by atoms with Gasteiger partial charge in [-0.2, -0.15) is 0 Å². The summed E-state index contributed by atoms with van der Waals surface area (Å²) in [6.45, 7) is 6.21. The lowest BCUT2D eigenvalue weighted by molar-refractivity contribution is -0.170. The van der Waals surface area contributed by atoms with Crippen molar-refractivity contribution >= 4 is 5.97 Å². The molecule has 2 nitrogen and oxygen atoms in total. The highest BCUT2D eigenvalue weighted by Crippen LogP contribution is 2.31. The van der Waals surface area contributed by atoms with Gasteiger partial charge >= 0.3 is 5.97 Å². The maximum Gasteiger partial charge on any atom is 0.306 e. The van der Waals surface area contributed by atoms with Crippen molar-refractivity contribution < 1.29 is 9.53 Å². The van der Waals surface area contributed by atoms with E-state index in [2.05, 4.69) is 13.8 Å². The normalized spacial score (nSPS) is 32.2. The maximum atomic E-state index is 11.0. The Balaban J connectivity index is 2.62. The van der Waals surface area contributed by atoms with Crippen LogP contribution in [0.4, 0.5) is 0 Å². The summed E-state index contributed by atoms with van der Waals surface area (Å²) in [5.74, 6) is 0.388. The summed E-state index contributed by atoms with van der Waals surface area (Å²) in [6, 6.07) is 0. The number of hydrogen-bond donors (Lipinski definition) is 0. The number of cyclic esters (lactones) is 1. The van der Waals surface area contributed by atoms with Gasteiger partial charge in [-0.25, -0.2) is 0 Å². The molecule has 1 saturated heterocycles. The van der Waals surface area contributed by atoms with E-state index >= 15 is 0 Å². The van der Waals surface area contributed by atoms with E-state index in [0.29, 0.717) is 12.3 Å². The van der Waals surface area contributed by atoms with Gasteiger partial charge in [0.05, 0.1) is 0 Å². The number of esters is 1. The predicted molar refractivity (Wildman–Crippen MR) is 43.2 cm³/mol. The average molecular weight is 156 g/mol. The van der Waals surface area contributed by atoms with Gasteiger partial charge in [0.15, 0.2) is 0 Å². The zero-order valence-corrected chi connectivity index (χ0v) is 7.52. The summed E-state index contributed by atoms with van der Waals surface area (Å²) >= 11 is 0. The van der Waals surface area contributed by atoms with E-state index in [1.807, 2.05) is 6.92 Å². The fourth-order valence-corrected chi connectivity index (χ4v) is 1.35. The largest absolute Gasteiger partial charge is 0.459 e. The Labute approximate surface area is 67.9 Å². The first-order valence-corrected chi connectivity index (χ1v) is 4.26. The van der Waals surface area contributed by atoms with Crippen molar-refractivity contribution in [3.05, 3.63) is 0 Å². The van der Waals surface area contributed by atoms with Crippen LogP contribution in [0.2, 0.25) is 0 Å². The smallest absolute Gasteiger partial charge is 0.306 e. The quantitative estimate of drug-likeness (QED) is 0.543. The fourth-order valence-electron chi connectivity index (χ4n) is 1.35. The second kappa shape index (κ2) is 2.84. The Morgan fingerprint density at radius 1 is 1.55 bits per heavy atom. The lowest BCUT2D eigenvalue weighted by Gasteiger charge is -2.36. The Bertz CT molecular complexity index is 163. The first-order valence-electron chi connectivity index (χ1n) is 4.26. The third kappa shape index (κ3) is 1.73. The van der Waals surface area contributed by atoms with E-state index in [1.54, 1.807) is 0 Å². The molecule has 0 spiro atoms. The molecule has 1 heterocycles. The Morgan fingerprint density at radius 2 is 2.18 bits per heavy atom. The molecule has 0 bridgehead atoms. The van der Waals surface area contributed by atoms with Crippen molar-refractivity contribution in [2.75, 3.05) is 0 Å². The molecule has 1 aliphatic rings. The monoisotopic (exact) mass is 156 g/mol. The van der Waals surface area contributed by atoms with Crippen molar-refractivity contribution in [3.8, 4) is 0 Å². The van der Waals surface area contributed by atoms with Gasteiger partial charge in [0.25, 0.3) is 0 Å². The van der Waals surface area contributed by atoms with Crippen LogP contribution < -0.4 is 0 Å². The molecule has 0 aromatic heterocycles. The zero-order chi connectivity index (χ0) is 8.48. The molecule has 0 amide bonds. The lowest BCUT2D eigenvalue weighted by atomic mass is 9.85. The van der Waals surface area contributed by atoms with Crippen LogP contribution in [0, 0.1) is 5.92 Å². The average Bonchev–Trinajstić information content (AvgIpc) is 1.86. The summed E-state index contributed by atoms with van der Waals surface area (Å²) in [7, 11) is 0. The van der Waals surface area contributed by atoms with E-state index < -0.39 is 0 Å². The van der Waals surface area contributed by atoms with Gasteiger partial charge in [0, 0.05) is 6.42 Å². The van der Waals surface area contributed by atoms with Crippen LogP contribution in [0.5, 0.6) is 0 Å². The third-order valence-electron chi connectivity index (χ3n) is 2.62. The van der Waals surface area contributed by atoms with Gasteiger partial charge in [-0.3, -0.25) is 4.79 Å². The van der Waals surface area contributed by atoms with Gasteiger partial charge in [0.1, 0.15) is 5.60 Å². The van der Waals surface area contributed by atoms with E-state index in [-0.39, 0.29) is 11.6 Å². The van der Waals surface area contributed by atoms with Gasteiger partial charge in [-0.15, -0.1) is 0 Å². The summed E-state index contributed by atoms with van der Waals surface area (Å²) < 4.78 is 5.30. The number of ether oxygens (including phenoxy) is 1. The molecule has 1 rings (SSSR count). The maximum absolute atomic E-state index is 11.0. The highest BCUT2D eigenvalue weighted by Gasteiger charge is 2.35. The predicted octanol–water partition coefficient (Wildman–Crippen LogP) is 2.13. The number of carbonyl (C=O) groups excluding carboxylic acids is 1. The van der Waals surface area contributed by atoms with E-state index in [0.717, 1.165) is 12.8 Å². The van der Waals surface area contributed by atoms with E-state index in [4.69, 9.17) is 4.74 Å². The molecule has 1 atom stereocenters. The van der Waals surface area contributed by atoms with Crippen LogP contribution in [0.1, 0.15) is 40.0 Å². The molecule has 2 heteroatoms. The summed E-state index contributed by atoms with van der Waals surface area (Å²) in [5.41, 5.74) is -0.199. The Hall–Kier alpha value is -0.530. The highest BCUT2D eigenvalue weighted by molar-refractivity contribution is 5.70. The first kappa shape index (κ1) is 8.57. The molecule has 1 fully saturated rings. The molecule has 0 aromatic carbocycles. The summed E-state index contributed by atoms with van der Waals surface area (Å²) in [5, 5.41) is 0. The van der Waals surface area contributed by atoms with Crippen molar-refractivity contribution in [3.63, 3.8) is 0 Å². The summed E-state index contributed by atoms with van der Waals surface area (Å²) in [6.07, 6.45) is 2.59. The van der Waals surface area contributed by atoms with Gasteiger partial charge in [-0.1, -0.05) is 13.8 Å². The SMILES string of the molecule is CC(C)C1(C)CCCC(=O)O1. The Morgan fingerprint density at radius 3 is 2.55 bits per heavy atom.